The largest absolute Gasteiger partial charge is 0.434 e. The summed E-state index contributed by atoms with van der Waals surface area (Å²) < 4.78 is 11.3. The predicted octanol–water partition coefficient (Wildman–Crippen LogP) is 2.10. The third-order valence-corrected chi connectivity index (χ3v) is 6.87. The number of carbonyl (C=O) groups excluding carboxylic acids is 3. The number of ether oxygens (including phenoxy) is 2. The average molecular weight is 524 g/mol. The van der Waals surface area contributed by atoms with E-state index in [0.29, 0.717) is 26.1 Å². The van der Waals surface area contributed by atoms with Crippen LogP contribution in [0.5, 0.6) is 0 Å². The lowest BCUT2D eigenvalue weighted by atomic mass is 10.1. The maximum absolute atomic E-state index is 13.5. The van der Waals surface area contributed by atoms with Crippen LogP contribution in [-0.2, 0) is 37.1 Å². The van der Waals surface area contributed by atoms with Crippen molar-refractivity contribution in [2.75, 3.05) is 19.6 Å². The third-order valence-electron chi connectivity index (χ3n) is 6.87. The molecule has 3 amide bonds. The Hall–Kier alpha value is -3.51. The summed E-state index contributed by atoms with van der Waals surface area (Å²) in [7, 11) is 0. The van der Waals surface area contributed by atoms with Gasteiger partial charge >= 0.3 is 12.0 Å². The monoisotopic (exact) mass is 523 g/mol. The molecule has 0 spiro atoms. The van der Waals surface area contributed by atoms with Crippen molar-refractivity contribution in [3.05, 3.63) is 71.8 Å². The van der Waals surface area contributed by atoms with Crippen LogP contribution in [0.25, 0.3) is 0 Å². The number of hydrogen-bond donors (Lipinski definition) is 2. The second-order valence-corrected chi connectivity index (χ2v) is 9.58. The zero-order chi connectivity index (χ0) is 26.3. The number of nitrogens with one attached hydrogen (secondary N) is 2. The van der Waals surface area contributed by atoms with Crippen molar-refractivity contribution in [1.29, 1.82) is 0 Å². The van der Waals surface area contributed by atoms with Crippen LogP contribution in [0.3, 0.4) is 0 Å². The van der Waals surface area contributed by atoms with Crippen LogP contribution in [0.2, 0.25) is 0 Å². The van der Waals surface area contributed by atoms with Gasteiger partial charge in [-0.3, -0.25) is 14.4 Å². The standard InChI is InChI=1S/C27H33N5O6/c33-24-13-15-30(29-37-19-21-10-5-2-6-11-21)27(35)32-22(12-7-14-31(24)32)17-28-23-16-25(34)38-26(23)36-18-20-8-3-1-4-9-20/h1-6,8-11,22-23,26,28-29H,7,12-19H2/t22-,23?,26?/m0/s1. The van der Waals surface area contributed by atoms with Gasteiger partial charge in [0.25, 0.3) is 0 Å². The second-order valence-electron chi connectivity index (χ2n) is 9.58. The second kappa shape index (κ2) is 12.4. The molecule has 0 aromatic heterocycles. The molecule has 38 heavy (non-hydrogen) atoms. The van der Waals surface area contributed by atoms with Crippen molar-refractivity contribution < 1.29 is 28.7 Å². The van der Waals surface area contributed by atoms with E-state index in [1.54, 1.807) is 0 Å². The molecule has 3 fully saturated rings. The minimum absolute atomic E-state index is 0.112. The van der Waals surface area contributed by atoms with E-state index < -0.39 is 6.29 Å². The fraction of sp³-hybridized carbons (Fsp3) is 0.444. The van der Waals surface area contributed by atoms with Crippen molar-refractivity contribution >= 4 is 17.9 Å². The van der Waals surface area contributed by atoms with Crippen molar-refractivity contribution in [2.24, 2.45) is 0 Å². The Morgan fingerprint density at radius 2 is 1.63 bits per heavy atom. The van der Waals surface area contributed by atoms with E-state index in [1.807, 2.05) is 60.7 Å². The molecule has 11 nitrogen and oxygen atoms in total. The van der Waals surface area contributed by atoms with Gasteiger partial charge in [0, 0.05) is 19.5 Å². The molecule has 0 radical (unpaired) electrons. The molecule has 0 aliphatic carbocycles. The van der Waals surface area contributed by atoms with Crippen molar-refractivity contribution in [3.63, 3.8) is 0 Å². The fourth-order valence-corrected chi connectivity index (χ4v) is 4.90. The van der Waals surface area contributed by atoms with Gasteiger partial charge in [-0.15, -0.1) is 5.59 Å². The molecule has 0 bridgehead atoms. The van der Waals surface area contributed by atoms with Gasteiger partial charge in [-0.2, -0.15) is 0 Å². The summed E-state index contributed by atoms with van der Waals surface area (Å²) in [5.74, 6) is -0.448. The molecule has 2 N–H and O–H groups in total. The van der Waals surface area contributed by atoms with Crippen LogP contribution in [0, 0.1) is 0 Å². The Labute approximate surface area is 221 Å². The van der Waals surface area contributed by atoms with Crippen LogP contribution in [0.15, 0.2) is 60.7 Å². The summed E-state index contributed by atoms with van der Waals surface area (Å²) >= 11 is 0. The van der Waals surface area contributed by atoms with Gasteiger partial charge in [0.2, 0.25) is 12.2 Å². The van der Waals surface area contributed by atoms with Gasteiger partial charge in [0.15, 0.2) is 0 Å². The minimum atomic E-state index is -0.728. The van der Waals surface area contributed by atoms with Gasteiger partial charge in [0.1, 0.15) is 0 Å². The molecule has 3 atom stereocenters. The number of hydrogen-bond acceptors (Lipinski definition) is 8. The van der Waals surface area contributed by atoms with Crippen molar-refractivity contribution in [1.82, 2.24) is 25.9 Å². The summed E-state index contributed by atoms with van der Waals surface area (Å²) in [6, 6.07) is 18.3. The van der Waals surface area contributed by atoms with Gasteiger partial charge in [-0.1, -0.05) is 60.7 Å². The molecule has 202 valence electrons. The van der Waals surface area contributed by atoms with Crippen LogP contribution < -0.4 is 10.9 Å². The zero-order valence-corrected chi connectivity index (χ0v) is 21.2. The fourth-order valence-electron chi connectivity index (χ4n) is 4.90. The zero-order valence-electron chi connectivity index (χ0n) is 21.2. The predicted molar refractivity (Wildman–Crippen MR) is 135 cm³/mol. The first-order valence-electron chi connectivity index (χ1n) is 13.0. The first-order valence-corrected chi connectivity index (χ1v) is 13.0. The van der Waals surface area contributed by atoms with E-state index >= 15 is 0 Å². The number of esters is 1. The van der Waals surface area contributed by atoms with Crippen LogP contribution in [0.4, 0.5) is 4.79 Å². The van der Waals surface area contributed by atoms with Crippen molar-refractivity contribution in [2.45, 2.75) is 57.3 Å². The Bertz CT molecular complexity index is 1100. The number of fused-ring (bicyclic) bond motifs is 1. The summed E-state index contributed by atoms with van der Waals surface area (Å²) in [4.78, 5) is 44.1. The number of rotatable bonds is 10. The summed E-state index contributed by atoms with van der Waals surface area (Å²) in [5.41, 5.74) is 4.67. The molecular weight excluding hydrogens is 490 g/mol. The number of nitrogens with zero attached hydrogens (tertiary/aromatic N) is 3. The highest BCUT2D eigenvalue weighted by Crippen LogP contribution is 2.24. The molecule has 2 aromatic rings. The number of benzene rings is 2. The van der Waals surface area contributed by atoms with E-state index in [4.69, 9.17) is 14.3 Å². The maximum atomic E-state index is 13.5. The number of amides is 3. The number of urea groups is 1. The van der Waals surface area contributed by atoms with Crippen LogP contribution >= 0.6 is 0 Å². The molecule has 3 saturated heterocycles. The molecular formula is C27H33N5O6. The van der Waals surface area contributed by atoms with E-state index in [1.165, 1.54) is 15.0 Å². The number of carbonyl (C=O) groups is 3. The molecule has 3 heterocycles. The topological polar surface area (TPSA) is 113 Å². The van der Waals surface area contributed by atoms with Crippen molar-refractivity contribution in [3.8, 4) is 0 Å². The van der Waals surface area contributed by atoms with E-state index in [2.05, 4.69) is 10.9 Å². The Morgan fingerprint density at radius 3 is 2.37 bits per heavy atom. The Morgan fingerprint density at radius 1 is 0.921 bits per heavy atom. The lowest BCUT2D eigenvalue weighted by Crippen LogP contribution is -2.63. The quantitative estimate of drug-likeness (QED) is 0.360. The molecule has 2 unspecified atom stereocenters. The first-order chi connectivity index (χ1) is 18.6. The van der Waals surface area contributed by atoms with Crippen LogP contribution in [0.1, 0.15) is 36.8 Å². The normalized spacial score (nSPS) is 23.8. The number of hydrazine groups is 2. The van der Waals surface area contributed by atoms with Gasteiger partial charge in [-0.25, -0.2) is 19.8 Å². The molecule has 5 rings (SSSR count). The average Bonchev–Trinajstić information content (AvgIpc) is 3.26. The highest BCUT2D eigenvalue weighted by Gasteiger charge is 2.42. The van der Waals surface area contributed by atoms with E-state index in [-0.39, 0.29) is 56.0 Å². The Kier molecular flexibility index (Phi) is 8.49. The van der Waals surface area contributed by atoms with Crippen LogP contribution in [-0.4, -0.2) is 70.9 Å². The molecule has 3 aliphatic rings. The lowest BCUT2D eigenvalue weighted by molar-refractivity contribution is -0.167. The van der Waals surface area contributed by atoms with Gasteiger partial charge in [-0.05, 0) is 24.0 Å². The highest BCUT2D eigenvalue weighted by molar-refractivity contribution is 5.84. The summed E-state index contributed by atoms with van der Waals surface area (Å²) in [6.07, 6.45) is 1.11. The molecule has 11 heteroatoms. The molecule has 0 saturated carbocycles. The lowest BCUT2D eigenvalue weighted by Gasteiger charge is -2.44. The third kappa shape index (κ3) is 6.30. The maximum Gasteiger partial charge on any atom is 0.355 e. The van der Waals surface area contributed by atoms with Gasteiger partial charge < -0.3 is 14.8 Å². The summed E-state index contributed by atoms with van der Waals surface area (Å²) in [5, 5.41) is 7.76. The molecule has 3 aliphatic heterocycles. The van der Waals surface area contributed by atoms with E-state index in [9.17, 15) is 14.4 Å². The van der Waals surface area contributed by atoms with Gasteiger partial charge in [0.05, 0.1) is 38.3 Å². The first kappa shape index (κ1) is 26.1. The molecule has 2 aromatic carbocycles. The SMILES string of the molecule is O=C1CC(NC[C@@H]2CCCN3C(=O)CCN(NOCc4ccccc4)C(=O)N23)C(OCc2ccccc2)O1. The summed E-state index contributed by atoms with van der Waals surface area (Å²) in [6.45, 7) is 1.64. The van der Waals surface area contributed by atoms with E-state index in [0.717, 1.165) is 17.5 Å². The smallest absolute Gasteiger partial charge is 0.355 e. The minimum Gasteiger partial charge on any atom is -0.434 e. The number of cyclic esters (lactones) is 1. The Balaban J connectivity index is 1.20. The highest BCUT2D eigenvalue weighted by atomic mass is 16.7.